The molecular weight excluding hydrogens is 154 g/mol. The molecule has 0 saturated heterocycles. The lowest BCUT2D eigenvalue weighted by molar-refractivity contribution is -0.220. The topological polar surface area (TPSA) is 49.3 Å². The van der Waals surface area contributed by atoms with Crippen LogP contribution in [-0.2, 0) is 4.79 Å². The highest BCUT2D eigenvalue weighted by Crippen LogP contribution is 2.60. The molecule has 0 spiro atoms. The molecule has 1 amide bonds. The Balaban J connectivity index is 1.86. The Morgan fingerprint density at radius 3 is 2.25 bits per heavy atom. The summed E-state index contributed by atoms with van der Waals surface area (Å²) >= 11 is 0. The van der Waals surface area contributed by atoms with Crippen molar-refractivity contribution in [1.82, 2.24) is 5.32 Å². The Hall–Kier alpha value is -0.570. The first kappa shape index (κ1) is 8.05. The van der Waals surface area contributed by atoms with E-state index in [0.717, 1.165) is 19.3 Å². The second kappa shape index (κ2) is 2.02. The minimum Gasteiger partial charge on any atom is -0.390 e. The van der Waals surface area contributed by atoms with E-state index in [1.807, 2.05) is 13.8 Å². The van der Waals surface area contributed by atoms with E-state index in [1.165, 1.54) is 0 Å². The fourth-order valence-electron chi connectivity index (χ4n) is 2.27. The number of carbonyl (C=O) groups excluding carboxylic acids is 1. The van der Waals surface area contributed by atoms with Crippen molar-refractivity contribution < 1.29 is 9.90 Å². The third kappa shape index (κ3) is 0.959. The van der Waals surface area contributed by atoms with Gasteiger partial charge in [0.2, 0.25) is 5.91 Å². The minimum atomic E-state index is -0.412. The summed E-state index contributed by atoms with van der Waals surface area (Å²) < 4.78 is 0. The Kier molecular flexibility index (Phi) is 1.35. The van der Waals surface area contributed by atoms with Gasteiger partial charge in [0, 0.05) is 11.5 Å². The molecular formula is C9H15NO2. The highest BCUT2D eigenvalue weighted by molar-refractivity contribution is 5.79. The average Bonchev–Trinajstić information content (AvgIpc) is 1.81. The molecule has 0 aromatic rings. The standard InChI is InChI=1S/C9H15NO2/c1-6(2)7(11)10-8-3-9(12,4-8)5-8/h6,12H,3-5H2,1-2H3,(H,10,11). The van der Waals surface area contributed by atoms with Crippen LogP contribution >= 0.6 is 0 Å². The van der Waals surface area contributed by atoms with E-state index in [0.29, 0.717) is 0 Å². The van der Waals surface area contributed by atoms with Crippen LogP contribution in [0.25, 0.3) is 0 Å². The zero-order valence-electron chi connectivity index (χ0n) is 7.55. The van der Waals surface area contributed by atoms with Crippen LogP contribution in [0.2, 0.25) is 0 Å². The van der Waals surface area contributed by atoms with Crippen LogP contribution in [0.4, 0.5) is 0 Å². The Morgan fingerprint density at radius 2 is 1.92 bits per heavy atom. The lowest BCUT2D eigenvalue weighted by atomic mass is 9.46. The number of rotatable bonds is 2. The molecule has 3 fully saturated rings. The zero-order chi connectivity index (χ0) is 8.98. The molecule has 3 aliphatic carbocycles. The third-order valence-corrected chi connectivity index (χ3v) is 2.92. The Morgan fingerprint density at radius 1 is 1.42 bits per heavy atom. The van der Waals surface area contributed by atoms with Crippen molar-refractivity contribution in [2.45, 2.75) is 44.2 Å². The molecule has 3 aliphatic rings. The van der Waals surface area contributed by atoms with Gasteiger partial charge in [-0.2, -0.15) is 0 Å². The molecule has 2 bridgehead atoms. The van der Waals surface area contributed by atoms with E-state index in [4.69, 9.17) is 0 Å². The van der Waals surface area contributed by atoms with Crippen molar-refractivity contribution >= 4 is 5.91 Å². The fraction of sp³-hybridized carbons (Fsp3) is 0.889. The van der Waals surface area contributed by atoms with Crippen molar-refractivity contribution in [1.29, 1.82) is 0 Å². The Bertz CT molecular complexity index is 215. The minimum absolute atomic E-state index is 0.0178. The summed E-state index contributed by atoms with van der Waals surface area (Å²) in [5, 5.41) is 12.4. The summed E-state index contributed by atoms with van der Waals surface area (Å²) in [5.74, 6) is 0.158. The first-order chi connectivity index (χ1) is 5.45. The second-order valence-corrected chi connectivity index (χ2v) is 4.68. The van der Waals surface area contributed by atoms with Crippen LogP contribution in [0.15, 0.2) is 0 Å². The van der Waals surface area contributed by atoms with Gasteiger partial charge < -0.3 is 10.4 Å². The van der Waals surface area contributed by atoms with Gasteiger partial charge in [0.1, 0.15) is 0 Å². The van der Waals surface area contributed by atoms with Gasteiger partial charge in [-0.15, -0.1) is 0 Å². The van der Waals surface area contributed by atoms with Gasteiger partial charge in [-0.05, 0) is 19.3 Å². The first-order valence-electron chi connectivity index (χ1n) is 4.49. The summed E-state index contributed by atoms with van der Waals surface area (Å²) in [6.45, 7) is 3.77. The number of aliphatic hydroxyl groups is 1. The maximum Gasteiger partial charge on any atom is 0.222 e. The molecule has 3 saturated carbocycles. The summed E-state index contributed by atoms with van der Waals surface area (Å²) in [6, 6.07) is 0. The summed E-state index contributed by atoms with van der Waals surface area (Å²) in [5.41, 5.74) is -0.430. The Labute approximate surface area is 72.2 Å². The van der Waals surface area contributed by atoms with Crippen LogP contribution in [0, 0.1) is 5.92 Å². The highest BCUT2D eigenvalue weighted by Gasteiger charge is 2.68. The van der Waals surface area contributed by atoms with E-state index in [2.05, 4.69) is 5.32 Å². The van der Waals surface area contributed by atoms with Gasteiger partial charge in [0.05, 0.1) is 5.60 Å². The average molecular weight is 169 g/mol. The lowest BCUT2D eigenvalue weighted by Gasteiger charge is -2.67. The van der Waals surface area contributed by atoms with Crippen molar-refractivity contribution in [3.8, 4) is 0 Å². The fourth-order valence-corrected chi connectivity index (χ4v) is 2.27. The van der Waals surface area contributed by atoms with Crippen molar-refractivity contribution in [2.24, 2.45) is 5.92 Å². The largest absolute Gasteiger partial charge is 0.390 e. The van der Waals surface area contributed by atoms with Crippen molar-refractivity contribution in [3.63, 3.8) is 0 Å². The van der Waals surface area contributed by atoms with Gasteiger partial charge in [0.15, 0.2) is 0 Å². The molecule has 3 heteroatoms. The van der Waals surface area contributed by atoms with Crippen LogP contribution in [0.3, 0.4) is 0 Å². The molecule has 0 aliphatic heterocycles. The molecule has 0 radical (unpaired) electrons. The van der Waals surface area contributed by atoms with E-state index < -0.39 is 5.60 Å². The summed E-state index contributed by atoms with van der Waals surface area (Å²) in [6.07, 6.45) is 2.29. The molecule has 0 aromatic heterocycles. The SMILES string of the molecule is CC(C)C(=O)NC12CC(O)(C1)C2. The molecule has 68 valence electrons. The molecule has 0 unspecified atom stereocenters. The van der Waals surface area contributed by atoms with Crippen molar-refractivity contribution in [3.05, 3.63) is 0 Å². The third-order valence-electron chi connectivity index (χ3n) is 2.92. The smallest absolute Gasteiger partial charge is 0.222 e. The predicted molar refractivity (Wildman–Crippen MR) is 44.5 cm³/mol. The van der Waals surface area contributed by atoms with Crippen LogP contribution in [0.5, 0.6) is 0 Å². The predicted octanol–water partition coefficient (Wildman–Crippen LogP) is 0.426. The summed E-state index contributed by atoms with van der Waals surface area (Å²) in [4.78, 5) is 11.3. The zero-order valence-corrected chi connectivity index (χ0v) is 7.55. The number of nitrogens with one attached hydrogen (secondary N) is 1. The van der Waals surface area contributed by atoms with Crippen LogP contribution in [0.1, 0.15) is 33.1 Å². The lowest BCUT2D eigenvalue weighted by Crippen LogP contribution is -2.78. The van der Waals surface area contributed by atoms with Gasteiger partial charge in [0.25, 0.3) is 0 Å². The van der Waals surface area contributed by atoms with Gasteiger partial charge in [-0.3, -0.25) is 4.79 Å². The normalized spacial score (nSPS) is 43.3. The molecule has 0 atom stereocenters. The first-order valence-corrected chi connectivity index (χ1v) is 4.49. The molecule has 3 nitrogen and oxygen atoms in total. The van der Waals surface area contributed by atoms with Crippen molar-refractivity contribution in [2.75, 3.05) is 0 Å². The maximum absolute atomic E-state index is 11.3. The quantitative estimate of drug-likeness (QED) is 0.629. The van der Waals surface area contributed by atoms with Crippen LogP contribution < -0.4 is 5.32 Å². The molecule has 3 rings (SSSR count). The van der Waals surface area contributed by atoms with Crippen LogP contribution in [-0.4, -0.2) is 22.2 Å². The molecule has 2 N–H and O–H groups in total. The van der Waals surface area contributed by atoms with E-state index in [9.17, 15) is 9.90 Å². The number of amides is 1. The molecule has 0 aromatic carbocycles. The van der Waals surface area contributed by atoms with Gasteiger partial charge >= 0.3 is 0 Å². The highest BCUT2D eigenvalue weighted by atomic mass is 16.3. The number of hydrogen-bond acceptors (Lipinski definition) is 2. The van der Waals surface area contributed by atoms with Gasteiger partial charge in [-0.1, -0.05) is 13.8 Å². The monoisotopic (exact) mass is 169 g/mol. The molecule has 0 heterocycles. The molecule has 12 heavy (non-hydrogen) atoms. The maximum atomic E-state index is 11.3. The summed E-state index contributed by atoms with van der Waals surface area (Å²) in [7, 11) is 0. The number of hydrogen-bond donors (Lipinski definition) is 2. The van der Waals surface area contributed by atoms with E-state index in [-0.39, 0.29) is 17.4 Å². The van der Waals surface area contributed by atoms with E-state index >= 15 is 0 Å². The van der Waals surface area contributed by atoms with E-state index in [1.54, 1.807) is 0 Å². The van der Waals surface area contributed by atoms with Gasteiger partial charge in [-0.25, -0.2) is 0 Å². The second-order valence-electron chi connectivity index (χ2n) is 4.68. The number of carbonyl (C=O) groups is 1.